The van der Waals surface area contributed by atoms with Gasteiger partial charge in [0.15, 0.2) is 5.13 Å². The van der Waals surface area contributed by atoms with E-state index in [2.05, 4.69) is 10.3 Å². The first-order chi connectivity index (χ1) is 10.7. The number of rotatable bonds is 3. The van der Waals surface area contributed by atoms with Crippen LogP contribution in [0.1, 0.15) is 41.8 Å². The highest BCUT2D eigenvalue weighted by Gasteiger charge is 2.51. The zero-order valence-corrected chi connectivity index (χ0v) is 13.8. The monoisotopic (exact) mass is 332 g/mol. The number of carbonyl (C=O) groups is 1. The highest BCUT2D eigenvalue weighted by Crippen LogP contribution is 2.49. The fourth-order valence-corrected chi connectivity index (χ4v) is 4.33. The Morgan fingerprint density at radius 3 is 2.59 bits per heavy atom. The van der Waals surface area contributed by atoms with Crippen LogP contribution in [0.4, 0.5) is 5.13 Å². The number of fused-ring (bicyclic) bond motifs is 1. The van der Waals surface area contributed by atoms with Crippen LogP contribution in [0.3, 0.4) is 0 Å². The van der Waals surface area contributed by atoms with Crippen LogP contribution in [0, 0.1) is 0 Å². The lowest BCUT2D eigenvalue weighted by Crippen LogP contribution is -2.27. The lowest BCUT2D eigenvalue weighted by molar-refractivity contribution is -0.118. The van der Waals surface area contributed by atoms with Gasteiger partial charge >= 0.3 is 0 Å². The molecule has 1 fully saturated rings. The number of aromatic nitrogens is 1. The third kappa shape index (κ3) is 2.44. The minimum Gasteiger partial charge on any atom is -0.301 e. The Bertz CT molecular complexity index is 695. The normalized spacial score (nSPS) is 18.6. The first-order valence-electron chi connectivity index (χ1n) is 7.73. The Kier molecular flexibility index (Phi) is 3.46. The summed E-state index contributed by atoms with van der Waals surface area (Å²) in [4.78, 5) is 18.7. The molecule has 1 saturated carbocycles. The largest absolute Gasteiger partial charge is 0.301 e. The summed E-state index contributed by atoms with van der Waals surface area (Å²) < 4.78 is 0. The quantitative estimate of drug-likeness (QED) is 0.908. The van der Waals surface area contributed by atoms with Crippen molar-refractivity contribution in [2.24, 2.45) is 0 Å². The molecule has 1 N–H and O–H groups in total. The van der Waals surface area contributed by atoms with Gasteiger partial charge in [0.2, 0.25) is 5.91 Å². The summed E-state index contributed by atoms with van der Waals surface area (Å²) in [5.74, 6) is 0.0703. The van der Waals surface area contributed by atoms with Gasteiger partial charge in [0.05, 0.1) is 11.1 Å². The average molecular weight is 333 g/mol. The van der Waals surface area contributed by atoms with Gasteiger partial charge in [-0.05, 0) is 56.2 Å². The van der Waals surface area contributed by atoms with Gasteiger partial charge in [-0.15, -0.1) is 11.3 Å². The van der Waals surface area contributed by atoms with Crippen LogP contribution in [0.5, 0.6) is 0 Å². The Morgan fingerprint density at radius 1 is 1.18 bits per heavy atom. The minimum absolute atomic E-state index is 0.0703. The second-order valence-electron chi connectivity index (χ2n) is 6.14. The van der Waals surface area contributed by atoms with Crippen molar-refractivity contribution in [3.8, 4) is 0 Å². The molecular weight excluding hydrogens is 316 g/mol. The maximum absolute atomic E-state index is 12.7. The van der Waals surface area contributed by atoms with Crippen LogP contribution >= 0.6 is 22.9 Å². The zero-order valence-electron chi connectivity index (χ0n) is 12.2. The molecule has 0 radical (unpaired) electrons. The molecule has 0 atom stereocenters. The Balaban J connectivity index is 1.54. The van der Waals surface area contributed by atoms with E-state index in [1.165, 1.54) is 23.4 Å². The van der Waals surface area contributed by atoms with Gasteiger partial charge in [0, 0.05) is 9.90 Å². The van der Waals surface area contributed by atoms with E-state index in [4.69, 9.17) is 11.6 Å². The lowest BCUT2D eigenvalue weighted by Gasteiger charge is -2.14. The number of nitrogens with one attached hydrogen (secondary N) is 1. The summed E-state index contributed by atoms with van der Waals surface area (Å²) in [5.41, 5.74) is 1.86. The number of halogens is 1. The number of hydrogen-bond acceptors (Lipinski definition) is 3. The molecule has 2 aliphatic rings. The van der Waals surface area contributed by atoms with Gasteiger partial charge in [-0.1, -0.05) is 23.7 Å². The summed E-state index contributed by atoms with van der Waals surface area (Å²) in [6.07, 6.45) is 6.38. The Labute approximate surface area is 138 Å². The van der Waals surface area contributed by atoms with Crippen molar-refractivity contribution in [1.29, 1.82) is 0 Å². The third-order valence-corrected chi connectivity index (χ3v) is 5.97. The molecule has 22 heavy (non-hydrogen) atoms. The number of aryl methyl sites for hydroxylation is 2. The van der Waals surface area contributed by atoms with Crippen molar-refractivity contribution in [3.63, 3.8) is 0 Å². The number of amides is 1. The number of anilines is 1. The highest BCUT2D eigenvalue weighted by molar-refractivity contribution is 7.15. The maximum Gasteiger partial charge on any atom is 0.236 e. The number of nitrogens with zero attached hydrogens (tertiary/aromatic N) is 1. The number of hydrogen-bond donors (Lipinski definition) is 1. The summed E-state index contributed by atoms with van der Waals surface area (Å²) in [7, 11) is 0. The molecule has 0 bridgehead atoms. The van der Waals surface area contributed by atoms with E-state index < -0.39 is 0 Å². The van der Waals surface area contributed by atoms with Gasteiger partial charge in [-0.3, -0.25) is 4.79 Å². The summed E-state index contributed by atoms with van der Waals surface area (Å²) in [6, 6.07) is 7.63. The van der Waals surface area contributed by atoms with E-state index >= 15 is 0 Å². The summed E-state index contributed by atoms with van der Waals surface area (Å²) >= 11 is 7.58. The van der Waals surface area contributed by atoms with Gasteiger partial charge in [0.25, 0.3) is 0 Å². The molecule has 3 nitrogen and oxygen atoms in total. The number of carbonyl (C=O) groups excluding carboxylic acids is 1. The number of benzene rings is 1. The Morgan fingerprint density at radius 2 is 1.91 bits per heavy atom. The predicted molar refractivity (Wildman–Crippen MR) is 89.7 cm³/mol. The molecule has 5 heteroatoms. The van der Waals surface area contributed by atoms with Crippen molar-refractivity contribution < 1.29 is 4.79 Å². The molecule has 1 heterocycles. The second-order valence-corrected chi connectivity index (χ2v) is 7.66. The molecule has 1 aromatic carbocycles. The number of thiazole rings is 1. The van der Waals surface area contributed by atoms with Gasteiger partial charge in [-0.25, -0.2) is 4.98 Å². The van der Waals surface area contributed by atoms with Gasteiger partial charge < -0.3 is 5.32 Å². The standard InChI is InChI=1S/C17H17ClN2OS/c18-12-7-5-11(6-8-12)17(9-10-17)15(21)20-16-19-13-3-1-2-4-14(13)22-16/h5-8H,1-4,9-10H2,(H,19,20,21). The molecule has 1 amide bonds. The fraction of sp³-hybridized carbons (Fsp3) is 0.412. The molecule has 0 aliphatic heterocycles. The molecule has 2 aliphatic carbocycles. The maximum atomic E-state index is 12.7. The molecule has 0 saturated heterocycles. The van der Waals surface area contributed by atoms with Crippen LogP contribution < -0.4 is 5.32 Å². The van der Waals surface area contributed by atoms with E-state index in [1.807, 2.05) is 24.3 Å². The van der Waals surface area contributed by atoms with E-state index in [-0.39, 0.29) is 11.3 Å². The fourth-order valence-electron chi connectivity index (χ4n) is 3.16. The van der Waals surface area contributed by atoms with E-state index in [0.717, 1.165) is 36.4 Å². The predicted octanol–water partition coefficient (Wildman–Crippen LogP) is 4.35. The first-order valence-corrected chi connectivity index (χ1v) is 8.93. The summed E-state index contributed by atoms with van der Waals surface area (Å²) in [6.45, 7) is 0. The topological polar surface area (TPSA) is 42.0 Å². The van der Waals surface area contributed by atoms with Crippen LogP contribution in [0.15, 0.2) is 24.3 Å². The second kappa shape index (κ2) is 5.36. The van der Waals surface area contributed by atoms with Crippen molar-refractivity contribution in [2.45, 2.75) is 43.9 Å². The molecular formula is C17H17ClN2OS. The highest BCUT2D eigenvalue weighted by atomic mass is 35.5. The van der Waals surface area contributed by atoms with Gasteiger partial charge in [0.1, 0.15) is 0 Å². The van der Waals surface area contributed by atoms with Crippen LogP contribution in [0.2, 0.25) is 5.02 Å². The van der Waals surface area contributed by atoms with Crippen LogP contribution in [-0.2, 0) is 23.1 Å². The third-order valence-electron chi connectivity index (χ3n) is 4.65. The first kappa shape index (κ1) is 14.2. The molecule has 0 unspecified atom stereocenters. The van der Waals surface area contributed by atoms with Crippen molar-refractivity contribution in [1.82, 2.24) is 4.98 Å². The van der Waals surface area contributed by atoms with E-state index in [1.54, 1.807) is 11.3 Å². The molecule has 114 valence electrons. The van der Waals surface area contributed by atoms with E-state index in [0.29, 0.717) is 5.02 Å². The van der Waals surface area contributed by atoms with Crippen molar-refractivity contribution in [3.05, 3.63) is 45.4 Å². The molecule has 2 aromatic rings. The van der Waals surface area contributed by atoms with E-state index in [9.17, 15) is 4.79 Å². The Hall–Kier alpha value is -1.39. The zero-order chi connectivity index (χ0) is 15.2. The lowest BCUT2D eigenvalue weighted by atomic mass is 9.95. The average Bonchev–Trinajstić information content (AvgIpc) is 3.23. The molecule has 4 rings (SSSR count). The summed E-state index contributed by atoms with van der Waals surface area (Å²) in [5, 5.41) is 4.51. The molecule has 1 aromatic heterocycles. The van der Waals surface area contributed by atoms with Gasteiger partial charge in [-0.2, -0.15) is 0 Å². The molecule has 0 spiro atoms. The van der Waals surface area contributed by atoms with Crippen molar-refractivity contribution >= 4 is 34.0 Å². The smallest absolute Gasteiger partial charge is 0.236 e. The van der Waals surface area contributed by atoms with Crippen LogP contribution in [0.25, 0.3) is 0 Å². The van der Waals surface area contributed by atoms with Crippen LogP contribution in [-0.4, -0.2) is 10.9 Å². The minimum atomic E-state index is -0.378. The SMILES string of the molecule is O=C(Nc1nc2c(s1)CCCC2)C1(c2ccc(Cl)cc2)CC1. The van der Waals surface area contributed by atoms with Crippen molar-refractivity contribution in [2.75, 3.05) is 5.32 Å².